The predicted molar refractivity (Wildman–Crippen MR) is 94.8 cm³/mol. The quantitative estimate of drug-likeness (QED) is 0.813. The summed E-state index contributed by atoms with van der Waals surface area (Å²) in [5.74, 6) is -0.803. The molecule has 7 nitrogen and oxygen atoms in total. The molecular formula is C17H17ClF3N5O2. The highest BCUT2D eigenvalue weighted by atomic mass is 35.5. The molecule has 1 N–H and O–H groups in total. The highest BCUT2D eigenvalue weighted by Crippen LogP contribution is 2.36. The molecule has 0 aliphatic carbocycles. The van der Waals surface area contributed by atoms with Crippen LogP contribution in [0.4, 0.5) is 18.9 Å². The largest absolute Gasteiger partial charge is 0.471 e. The SMILES string of the molecule is CN1C=C([C@H]2CCCCN2c2ccc(-c3noc(C(F)(F)F)n3)c(Cl)c2)ON1. The van der Waals surface area contributed by atoms with Gasteiger partial charge in [0.15, 0.2) is 5.76 Å². The van der Waals surface area contributed by atoms with E-state index < -0.39 is 12.1 Å². The van der Waals surface area contributed by atoms with E-state index in [1.807, 2.05) is 13.2 Å². The lowest BCUT2D eigenvalue weighted by atomic mass is 9.99. The van der Waals surface area contributed by atoms with Crippen LogP contribution in [0.2, 0.25) is 5.02 Å². The van der Waals surface area contributed by atoms with Gasteiger partial charge in [0.25, 0.3) is 0 Å². The predicted octanol–water partition coefficient (Wildman–Crippen LogP) is 3.99. The van der Waals surface area contributed by atoms with Gasteiger partial charge in [0, 0.05) is 24.8 Å². The van der Waals surface area contributed by atoms with E-state index in [4.69, 9.17) is 16.4 Å². The highest BCUT2D eigenvalue weighted by Gasteiger charge is 2.38. The van der Waals surface area contributed by atoms with Crippen molar-refractivity contribution in [1.82, 2.24) is 20.7 Å². The zero-order chi connectivity index (χ0) is 19.9. The first-order chi connectivity index (χ1) is 13.3. The number of alkyl halides is 3. The van der Waals surface area contributed by atoms with E-state index >= 15 is 0 Å². The zero-order valence-electron chi connectivity index (χ0n) is 14.8. The number of hydrazine groups is 1. The van der Waals surface area contributed by atoms with E-state index in [1.165, 1.54) is 0 Å². The van der Waals surface area contributed by atoms with Gasteiger partial charge in [-0.3, -0.25) is 5.01 Å². The van der Waals surface area contributed by atoms with Gasteiger partial charge in [0.2, 0.25) is 5.82 Å². The Morgan fingerprint density at radius 3 is 2.75 bits per heavy atom. The second-order valence-corrected chi connectivity index (χ2v) is 7.03. The molecule has 28 heavy (non-hydrogen) atoms. The lowest BCUT2D eigenvalue weighted by Gasteiger charge is -2.37. The van der Waals surface area contributed by atoms with Gasteiger partial charge in [-0.15, -0.1) is 0 Å². The topological polar surface area (TPSA) is 66.7 Å². The molecule has 150 valence electrons. The van der Waals surface area contributed by atoms with Crippen molar-refractivity contribution in [2.24, 2.45) is 0 Å². The van der Waals surface area contributed by atoms with Crippen molar-refractivity contribution in [2.45, 2.75) is 31.5 Å². The van der Waals surface area contributed by atoms with Crippen LogP contribution in [0, 0.1) is 0 Å². The minimum Gasteiger partial charge on any atom is -0.390 e. The molecule has 1 atom stereocenters. The van der Waals surface area contributed by atoms with Crippen LogP contribution in [0.3, 0.4) is 0 Å². The number of piperidine rings is 1. The number of rotatable bonds is 3. The third-order valence-electron chi connectivity index (χ3n) is 4.65. The maximum Gasteiger partial charge on any atom is 0.471 e. The Hall–Kier alpha value is -2.46. The van der Waals surface area contributed by atoms with Crippen LogP contribution < -0.4 is 10.5 Å². The molecular weight excluding hydrogens is 399 g/mol. The minimum atomic E-state index is -4.70. The molecule has 0 spiro atoms. The fraction of sp³-hybridized carbons (Fsp3) is 0.412. The van der Waals surface area contributed by atoms with Gasteiger partial charge in [0.1, 0.15) is 0 Å². The van der Waals surface area contributed by atoms with Crippen molar-refractivity contribution in [2.75, 3.05) is 18.5 Å². The van der Waals surface area contributed by atoms with Crippen LogP contribution in [-0.4, -0.2) is 34.8 Å². The van der Waals surface area contributed by atoms with Crippen LogP contribution in [0.15, 0.2) is 34.7 Å². The van der Waals surface area contributed by atoms with Crippen LogP contribution in [-0.2, 0) is 11.0 Å². The number of anilines is 1. The van der Waals surface area contributed by atoms with E-state index in [0.29, 0.717) is 0 Å². The molecule has 0 saturated carbocycles. The van der Waals surface area contributed by atoms with Crippen molar-refractivity contribution in [3.63, 3.8) is 0 Å². The Kier molecular flexibility index (Phi) is 4.84. The van der Waals surface area contributed by atoms with Gasteiger partial charge >= 0.3 is 12.1 Å². The van der Waals surface area contributed by atoms with Gasteiger partial charge in [-0.05, 0) is 37.5 Å². The third kappa shape index (κ3) is 3.61. The van der Waals surface area contributed by atoms with Crippen molar-refractivity contribution in [3.8, 4) is 11.4 Å². The molecule has 11 heteroatoms. The molecule has 1 aromatic heterocycles. The Morgan fingerprint density at radius 1 is 1.29 bits per heavy atom. The standard InChI is InChI=1S/C17H17ClF3N5O2/c1-25-9-14(27-24-25)13-4-2-3-7-26(13)10-5-6-11(12(18)8-10)15-22-16(28-23-15)17(19,20)21/h5-6,8-9,13,24H,2-4,7H2,1H3/t13-/m1/s1. The lowest BCUT2D eigenvalue weighted by molar-refractivity contribution is -0.159. The molecule has 1 aromatic carbocycles. The van der Waals surface area contributed by atoms with Crippen LogP contribution in [0.25, 0.3) is 11.4 Å². The summed E-state index contributed by atoms with van der Waals surface area (Å²) < 4.78 is 42.3. The molecule has 4 rings (SSSR count). The number of nitrogens with zero attached hydrogens (tertiary/aromatic N) is 4. The summed E-state index contributed by atoms with van der Waals surface area (Å²) in [6.07, 6.45) is 0.193. The van der Waals surface area contributed by atoms with Crippen molar-refractivity contribution >= 4 is 17.3 Å². The Labute approximate surface area is 163 Å². The molecule has 2 aliphatic rings. The molecule has 0 amide bonds. The molecule has 2 aliphatic heterocycles. The second kappa shape index (κ2) is 7.17. The highest BCUT2D eigenvalue weighted by molar-refractivity contribution is 6.33. The average Bonchev–Trinajstić information content (AvgIpc) is 3.31. The molecule has 2 aromatic rings. The monoisotopic (exact) mass is 415 g/mol. The summed E-state index contributed by atoms with van der Waals surface area (Å²) in [4.78, 5) is 11.1. The first kappa shape index (κ1) is 18.9. The molecule has 0 bridgehead atoms. The van der Waals surface area contributed by atoms with Crippen LogP contribution in [0.1, 0.15) is 25.2 Å². The normalized spacial score (nSPS) is 20.3. The number of benzene rings is 1. The number of hydrogen-bond acceptors (Lipinski definition) is 7. The molecule has 0 unspecified atom stereocenters. The first-order valence-electron chi connectivity index (χ1n) is 8.67. The minimum absolute atomic E-state index is 0.0372. The summed E-state index contributed by atoms with van der Waals surface area (Å²) >= 11 is 6.34. The van der Waals surface area contributed by atoms with Gasteiger partial charge in [-0.25, -0.2) is 0 Å². The van der Waals surface area contributed by atoms with Crippen LogP contribution in [0.5, 0.6) is 0 Å². The summed E-state index contributed by atoms with van der Waals surface area (Å²) in [6.45, 7) is 0.811. The van der Waals surface area contributed by atoms with Gasteiger partial charge < -0.3 is 14.3 Å². The molecule has 1 fully saturated rings. The third-order valence-corrected chi connectivity index (χ3v) is 4.97. The van der Waals surface area contributed by atoms with Crippen LogP contribution >= 0.6 is 11.6 Å². The number of nitrogens with one attached hydrogen (secondary N) is 1. The first-order valence-corrected chi connectivity index (χ1v) is 9.05. The summed E-state index contributed by atoms with van der Waals surface area (Å²) in [7, 11) is 1.84. The molecule has 3 heterocycles. The average molecular weight is 416 g/mol. The number of halogens is 4. The van der Waals surface area contributed by atoms with E-state index in [1.54, 1.807) is 23.2 Å². The second-order valence-electron chi connectivity index (χ2n) is 6.63. The molecule has 1 saturated heterocycles. The fourth-order valence-electron chi connectivity index (χ4n) is 3.37. The van der Waals surface area contributed by atoms with Gasteiger partial charge in [-0.1, -0.05) is 22.3 Å². The fourth-order valence-corrected chi connectivity index (χ4v) is 3.63. The maximum absolute atomic E-state index is 12.7. The van der Waals surface area contributed by atoms with E-state index in [-0.39, 0.29) is 22.5 Å². The smallest absolute Gasteiger partial charge is 0.390 e. The molecule has 0 radical (unpaired) electrons. The number of aromatic nitrogens is 2. The Morgan fingerprint density at radius 2 is 2.11 bits per heavy atom. The maximum atomic E-state index is 12.7. The van der Waals surface area contributed by atoms with Crippen molar-refractivity contribution in [3.05, 3.63) is 41.1 Å². The van der Waals surface area contributed by atoms with E-state index in [2.05, 4.69) is 25.2 Å². The van der Waals surface area contributed by atoms with Gasteiger partial charge in [0.05, 0.1) is 17.3 Å². The zero-order valence-corrected chi connectivity index (χ0v) is 15.6. The van der Waals surface area contributed by atoms with E-state index in [9.17, 15) is 13.2 Å². The van der Waals surface area contributed by atoms with Crippen molar-refractivity contribution < 1.29 is 22.5 Å². The lowest BCUT2D eigenvalue weighted by Crippen LogP contribution is -2.41. The summed E-state index contributed by atoms with van der Waals surface area (Å²) in [5, 5.41) is 5.37. The van der Waals surface area contributed by atoms with E-state index in [0.717, 1.165) is 37.3 Å². The Bertz CT molecular complexity index is 901. The Balaban J connectivity index is 1.61. The number of hydrogen-bond donors (Lipinski definition) is 1. The summed E-state index contributed by atoms with van der Waals surface area (Å²) in [6, 6.07) is 5.12. The summed E-state index contributed by atoms with van der Waals surface area (Å²) in [5.41, 5.74) is 3.88. The van der Waals surface area contributed by atoms with Gasteiger partial charge in [-0.2, -0.15) is 18.2 Å². The van der Waals surface area contributed by atoms with Crippen molar-refractivity contribution in [1.29, 1.82) is 0 Å².